The summed E-state index contributed by atoms with van der Waals surface area (Å²) in [6.45, 7) is 0.316. The van der Waals surface area contributed by atoms with Crippen LogP contribution in [0.1, 0.15) is 18.5 Å². The van der Waals surface area contributed by atoms with Gasteiger partial charge in [0.1, 0.15) is 0 Å². The SMILES string of the molecule is CC(NCC(F)(F)C(F)F)c1ccc(S(N)(=O)=O)cc1. The number of alkyl halides is 4. The summed E-state index contributed by atoms with van der Waals surface area (Å²) in [5.41, 5.74) is 0.475. The zero-order valence-electron chi connectivity index (χ0n) is 10.5. The number of benzene rings is 1. The van der Waals surface area contributed by atoms with Crippen molar-refractivity contribution >= 4 is 10.0 Å². The summed E-state index contributed by atoms with van der Waals surface area (Å²) in [5.74, 6) is -4.12. The van der Waals surface area contributed by atoms with Crippen LogP contribution in [0.2, 0.25) is 0 Å². The molecule has 0 bridgehead atoms. The first-order valence-electron chi connectivity index (χ1n) is 5.56. The Morgan fingerprint density at radius 2 is 1.75 bits per heavy atom. The van der Waals surface area contributed by atoms with Gasteiger partial charge in [-0.25, -0.2) is 22.3 Å². The minimum Gasteiger partial charge on any atom is -0.304 e. The quantitative estimate of drug-likeness (QED) is 0.788. The molecule has 0 aromatic heterocycles. The van der Waals surface area contributed by atoms with Gasteiger partial charge in [0.15, 0.2) is 0 Å². The smallest absolute Gasteiger partial charge is 0.304 e. The molecule has 1 aromatic carbocycles. The lowest BCUT2D eigenvalue weighted by Crippen LogP contribution is -2.39. The molecule has 114 valence electrons. The van der Waals surface area contributed by atoms with E-state index in [9.17, 15) is 26.0 Å². The monoisotopic (exact) mass is 314 g/mol. The first-order valence-corrected chi connectivity index (χ1v) is 7.11. The van der Waals surface area contributed by atoms with Gasteiger partial charge in [0.05, 0.1) is 11.4 Å². The number of rotatable bonds is 6. The van der Waals surface area contributed by atoms with Crippen LogP contribution in [0.5, 0.6) is 0 Å². The highest BCUT2D eigenvalue weighted by atomic mass is 32.2. The molecular weight excluding hydrogens is 300 g/mol. The van der Waals surface area contributed by atoms with Crippen LogP contribution in [-0.2, 0) is 10.0 Å². The molecule has 0 fully saturated rings. The Morgan fingerprint density at radius 1 is 1.25 bits per heavy atom. The predicted molar refractivity (Wildman–Crippen MR) is 65.2 cm³/mol. The summed E-state index contributed by atoms with van der Waals surface area (Å²) >= 11 is 0. The second kappa shape index (κ2) is 6.06. The van der Waals surface area contributed by atoms with Crippen LogP contribution in [0.25, 0.3) is 0 Å². The van der Waals surface area contributed by atoms with Crippen LogP contribution in [0.4, 0.5) is 17.6 Å². The van der Waals surface area contributed by atoms with Crippen LogP contribution in [0, 0.1) is 0 Å². The summed E-state index contributed by atoms with van der Waals surface area (Å²) < 4.78 is 71.5. The zero-order chi connectivity index (χ0) is 15.6. The summed E-state index contributed by atoms with van der Waals surface area (Å²) in [6.07, 6.45) is -3.74. The summed E-state index contributed by atoms with van der Waals surface area (Å²) in [6, 6.07) is 4.53. The Bertz CT molecular complexity index is 546. The molecule has 4 nitrogen and oxygen atoms in total. The van der Waals surface area contributed by atoms with Crippen molar-refractivity contribution < 1.29 is 26.0 Å². The third kappa shape index (κ3) is 4.43. The van der Waals surface area contributed by atoms with Crippen LogP contribution in [0.3, 0.4) is 0 Å². The largest absolute Gasteiger partial charge is 0.319 e. The van der Waals surface area contributed by atoms with E-state index in [2.05, 4.69) is 5.32 Å². The molecule has 20 heavy (non-hydrogen) atoms. The van der Waals surface area contributed by atoms with Gasteiger partial charge in [0, 0.05) is 6.04 Å². The maximum absolute atomic E-state index is 12.7. The van der Waals surface area contributed by atoms with Gasteiger partial charge in [-0.15, -0.1) is 0 Å². The molecule has 0 radical (unpaired) electrons. The normalized spacial score (nSPS) is 14.6. The number of nitrogens with two attached hydrogens (primary N) is 1. The lowest BCUT2D eigenvalue weighted by molar-refractivity contribution is -0.126. The summed E-state index contributed by atoms with van der Waals surface area (Å²) in [7, 11) is -3.83. The highest BCUT2D eigenvalue weighted by Gasteiger charge is 2.40. The molecule has 1 aromatic rings. The highest BCUT2D eigenvalue weighted by molar-refractivity contribution is 7.89. The number of halogens is 4. The van der Waals surface area contributed by atoms with Crippen molar-refractivity contribution in [1.82, 2.24) is 5.32 Å². The molecule has 0 saturated heterocycles. The molecule has 0 aliphatic carbocycles. The highest BCUT2D eigenvalue weighted by Crippen LogP contribution is 2.23. The van der Waals surface area contributed by atoms with Crippen LogP contribution >= 0.6 is 0 Å². The van der Waals surface area contributed by atoms with E-state index in [4.69, 9.17) is 5.14 Å². The van der Waals surface area contributed by atoms with E-state index in [1.54, 1.807) is 0 Å². The van der Waals surface area contributed by atoms with Gasteiger partial charge in [-0.05, 0) is 24.6 Å². The van der Waals surface area contributed by atoms with E-state index in [0.29, 0.717) is 5.56 Å². The van der Waals surface area contributed by atoms with Crippen molar-refractivity contribution in [2.24, 2.45) is 5.14 Å². The average Bonchev–Trinajstić information content (AvgIpc) is 2.35. The lowest BCUT2D eigenvalue weighted by atomic mass is 10.1. The Kier molecular flexibility index (Phi) is 5.11. The van der Waals surface area contributed by atoms with Crippen molar-refractivity contribution in [3.63, 3.8) is 0 Å². The molecule has 0 aliphatic rings. The van der Waals surface area contributed by atoms with Gasteiger partial charge >= 0.3 is 12.3 Å². The Morgan fingerprint density at radius 3 is 2.15 bits per heavy atom. The summed E-state index contributed by atoms with van der Waals surface area (Å²) in [4.78, 5) is -0.119. The Balaban J connectivity index is 2.72. The maximum atomic E-state index is 12.7. The van der Waals surface area contributed by atoms with E-state index in [-0.39, 0.29) is 4.90 Å². The molecule has 1 unspecified atom stereocenters. The van der Waals surface area contributed by atoms with Crippen molar-refractivity contribution in [1.29, 1.82) is 0 Å². The average molecular weight is 314 g/mol. The molecule has 3 N–H and O–H groups in total. The molecule has 0 spiro atoms. The van der Waals surface area contributed by atoms with E-state index >= 15 is 0 Å². The maximum Gasteiger partial charge on any atom is 0.319 e. The fraction of sp³-hybridized carbons (Fsp3) is 0.455. The first-order chi connectivity index (χ1) is 9.04. The molecule has 9 heteroatoms. The van der Waals surface area contributed by atoms with Crippen LogP contribution in [0.15, 0.2) is 29.2 Å². The van der Waals surface area contributed by atoms with Gasteiger partial charge < -0.3 is 5.32 Å². The number of hydrogen-bond donors (Lipinski definition) is 2. The van der Waals surface area contributed by atoms with Gasteiger partial charge in [-0.1, -0.05) is 12.1 Å². The molecule has 0 saturated carbocycles. The van der Waals surface area contributed by atoms with Gasteiger partial charge in [0.25, 0.3) is 0 Å². The number of primary sulfonamides is 1. The van der Waals surface area contributed by atoms with Crippen LogP contribution < -0.4 is 10.5 Å². The number of hydrogen-bond acceptors (Lipinski definition) is 3. The predicted octanol–water partition coefficient (Wildman–Crippen LogP) is 1.89. The lowest BCUT2D eigenvalue weighted by Gasteiger charge is -2.20. The van der Waals surface area contributed by atoms with E-state index in [1.807, 2.05) is 0 Å². The first kappa shape index (κ1) is 16.9. The fourth-order valence-corrected chi connectivity index (χ4v) is 1.95. The third-order valence-electron chi connectivity index (χ3n) is 2.67. The van der Waals surface area contributed by atoms with E-state index < -0.39 is 35.0 Å². The van der Waals surface area contributed by atoms with Crippen molar-refractivity contribution in [3.8, 4) is 0 Å². The molecule has 0 aliphatic heterocycles. The molecule has 1 rings (SSSR count). The Hall–Kier alpha value is -1.19. The summed E-state index contributed by atoms with van der Waals surface area (Å²) in [5, 5.41) is 7.17. The Labute approximate surface area is 114 Å². The van der Waals surface area contributed by atoms with Crippen molar-refractivity contribution in [3.05, 3.63) is 29.8 Å². The number of nitrogens with one attached hydrogen (secondary N) is 1. The molecule has 0 heterocycles. The van der Waals surface area contributed by atoms with E-state index in [1.165, 1.54) is 31.2 Å². The van der Waals surface area contributed by atoms with Crippen LogP contribution in [-0.4, -0.2) is 27.3 Å². The third-order valence-corrected chi connectivity index (χ3v) is 3.60. The van der Waals surface area contributed by atoms with Gasteiger partial charge in [-0.2, -0.15) is 8.78 Å². The topological polar surface area (TPSA) is 72.2 Å². The minimum atomic E-state index is -4.12. The van der Waals surface area contributed by atoms with Crippen molar-refractivity contribution in [2.45, 2.75) is 30.2 Å². The molecular formula is C11H14F4N2O2S. The minimum absolute atomic E-state index is 0.119. The van der Waals surface area contributed by atoms with Gasteiger partial charge in [-0.3, -0.25) is 0 Å². The standard InChI is InChI=1S/C11H14F4N2O2S/c1-7(17-6-11(14,15)10(12)13)8-2-4-9(5-3-8)20(16,18)19/h2-5,7,10,17H,6H2,1H3,(H2,16,18,19). The molecule has 1 atom stereocenters. The fourth-order valence-electron chi connectivity index (χ4n) is 1.43. The second-order valence-electron chi connectivity index (χ2n) is 4.28. The van der Waals surface area contributed by atoms with E-state index in [0.717, 1.165) is 0 Å². The number of sulfonamides is 1. The zero-order valence-corrected chi connectivity index (χ0v) is 11.3. The van der Waals surface area contributed by atoms with Crippen molar-refractivity contribution in [2.75, 3.05) is 6.54 Å². The van der Waals surface area contributed by atoms with Gasteiger partial charge in [0.2, 0.25) is 10.0 Å². The second-order valence-corrected chi connectivity index (χ2v) is 5.84. The molecule has 0 amide bonds.